The SMILES string of the molecule is CCNC(c1ccccc1C)C1(OC)CCCC1. The first kappa shape index (κ1) is 13.6. The standard InChI is InChI=1S/C16H25NO/c1-4-17-15(14-10-6-5-9-13(14)2)16(18-3)11-7-8-12-16/h5-6,9-10,15,17H,4,7-8,11-12H2,1-3H3. The van der Waals surface area contributed by atoms with Gasteiger partial charge in [-0.1, -0.05) is 44.0 Å². The topological polar surface area (TPSA) is 21.3 Å². The second-order valence-corrected chi connectivity index (χ2v) is 5.32. The van der Waals surface area contributed by atoms with Crippen molar-refractivity contribution < 1.29 is 4.74 Å². The number of hydrogen-bond donors (Lipinski definition) is 1. The minimum atomic E-state index is -0.0118. The Morgan fingerprint density at radius 2 is 1.94 bits per heavy atom. The predicted molar refractivity (Wildman–Crippen MR) is 75.8 cm³/mol. The van der Waals surface area contributed by atoms with Gasteiger partial charge in [0.2, 0.25) is 0 Å². The molecule has 2 nitrogen and oxygen atoms in total. The summed E-state index contributed by atoms with van der Waals surface area (Å²) in [7, 11) is 1.87. The van der Waals surface area contributed by atoms with E-state index in [1.54, 1.807) is 0 Å². The van der Waals surface area contributed by atoms with Gasteiger partial charge in [-0.25, -0.2) is 0 Å². The number of nitrogens with one attached hydrogen (secondary N) is 1. The molecule has 1 N–H and O–H groups in total. The zero-order valence-corrected chi connectivity index (χ0v) is 11.8. The predicted octanol–water partition coefficient (Wildman–Crippen LogP) is 3.60. The van der Waals surface area contributed by atoms with Gasteiger partial charge in [-0.2, -0.15) is 0 Å². The fourth-order valence-electron chi connectivity index (χ4n) is 3.28. The van der Waals surface area contributed by atoms with Gasteiger partial charge in [-0.15, -0.1) is 0 Å². The summed E-state index contributed by atoms with van der Waals surface area (Å²) >= 11 is 0. The highest BCUT2D eigenvalue weighted by molar-refractivity contribution is 5.31. The Morgan fingerprint density at radius 1 is 1.28 bits per heavy atom. The van der Waals surface area contributed by atoms with Gasteiger partial charge in [0.05, 0.1) is 11.6 Å². The molecule has 0 bridgehead atoms. The second-order valence-electron chi connectivity index (χ2n) is 5.32. The van der Waals surface area contributed by atoms with Crippen LogP contribution in [0.5, 0.6) is 0 Å². The number of ether oxygens (including phenoxy) is 1. The number of likely N-dealkylation sites (N-methyl/N-ethyl adjacent to an activating group) is 1. The fourth-order valence-corrected chi connectivity index (χ4v) is 3.28. The lowest BCUT2D eigenvalue weighted by Crippen LogP contribution is -2.43. The summed E-state index contributed by atoms with van der Waals surface area (Å²) in [6.07, 6.45) is 4.88. The monoisotopic (exact) mass is 247 g/mol. The summed E-state index contributed by atoms with van der Waals surface area (Å²) in [5.74, 6) is 0. The molecule has 100 valence electrons. The van der Waals surface area contributed by atoms with Crippen LogP contribution >= 0.6 is 0 Å². The molecule has 0 aromatic heterocycles. The lowest BCUT2D eigenvalue weighted by atomic mass is 9.84. The van der Waals surface area contributed by atoms with Crippen molar-refractivity contribution in [1.82, 2.24) is 5.32 Å². The summed E-state index contributed by atoms with van der Waals surface area (Å²) < 4.78 is 5.96. The van der Waals surface area contributed by atoms with Gasteiger partial charge in [-0.3, -0.25) is 0 Å². The molecular weight excluding hydrogens is 222 g/mol. The molecule has 0 heterocycles. The van der Waals surface area contributed by atoms with E-state index in [-0.39, 0.29) is 5.60 Å². The number of benzene rings is 1. The first-order chi connectivity index (χ1) is 8.73. The molecule has 1 aliphatic carbocycles. The Morgan fingerprint density at radius 3 is 2.50 bits per heavy atom. The molecule has 1 aromatic carbocycles. The lowest BCUT2D eigenvalue weighted by Gasteiger charge is -2.38. The zero-order valence-electron chi connectivity index (χ0n) is 11.8. The maximum Gasteiger partial charge on any atom is 0.0872 e. The Balaban J connectivity index is 2.36. The zero-order chi connectivity index (χ0) is 13.0. The Hall–Kier alpha value is -0.860. The van der Waals surface area contributed by atoms with Gasteiger partial charge < -0.3 is 10.1 Å². The molecule has 1 aliphatic rings. The number of hydrogen-bond acceptors (Lipinski definition) is 2. The van der Waals surface area contributed by atoms with Gasteiger partial charge >= 0.3 is 0 Å². The number of rotatable bonds is 5. The molecule has 0 radical (unpaired) electrons. The van der Waals surface area contributed by atoms with E-state index in [1.165, 1.54) is 24.0 Å². The molecule has 1 atom stereocenters. The summed E-state index contributed by atoms with van der Waals surface area (Å²) in [6.45, 7) is 5.34. The van der Waals surface area contributed by atoms with Crippen LogP contribution in [-0.2, 0) is 4.74 Å². The van der Waals surface area contributed by atoms with Gasteiger partial charge in [0.1, 0.15) is 0 Å². The molecule has 1 unspecified atom stereocenters. The highest BCUT2D eigenvalue weighted by atomic mass is 16.5. The molecule has 0 saturated heterocycles. The van der Waals surface area contributed by atoms with E-state index in [0.29, 0.717) is 6.04 Å². The van der Waals surface area contributed by atoms with Crippen molar-refractivity contribution in [3.8, 4) is 0 Å². The number of methoxy groups -OCH3 is 1. The quantitative estimate of drug-likeness (QED) is 0.858. The summed E-state index contributed by atoms with van der Waals surface area (Å²) in [4.78, 5) is 0. The molecule has 1 aromatic rings. The van der Waals surface area contributed by atoms with Gasteiger partial charge in [0.15, 0.2) is 0 Å². The Bertz CT molecular complexity index is 382. The molecule has 0 aliphatic heterocycles. The number of aryl methyl sites for hydroxylation is 1. The molecule has 2 heteroatoms. The molecule has 0 spiro atoms. The van der Waals surface area contributed by atoms with Crippen molar-refractivity contribution >= 4 is 0 Å². The smallest absolute Gasteiger partial charge is 0.0872 e. The highest BCUT2D eigenvalue weighted by Gasteiger charge is 2.42. The van der Waals surface area contributed by atoms with Crippen LogP contribution in [0.4, 0.5) is 0 Å². The van der Waals surface area contributed by atoms with Crippen LogP contribution < -0.4 is 5.32 Å². The van der Waals surface area contributed by atoms with E-state index >= 15 is 0 Å². The Labute approximate surface area is 111 Å². The third-order valence-corrected chi connectivity index (χ3v) is 4.29. The summed E-state index contributed by atoms with van der Waals surface area (Å²) in [6, 6.07) is 8.98. The van der Waals surface area contributed by atoms with Crippen LogP contribution in [0.1, 0.15) is 49.8 Å². The van der Waals surface area contributed by atoms with Crippen LogP contribution in [0.3, 0.4) is 0 Å². The van der Waals surface area contributed by atoms with Crippen molar-refractivity contribution in [1.29, 1.82) is 0 Å². The van der Waals surface area contributed by atoms with Crippen LogP contribution in [0.25, 0.3) is 0 Å². The normalized spacial score (nSPS) is 19.9. The molecule has 1 fully saturated rings. The maximum absolute atomic E-state index is 5.96. The third-order valence-electron chi connectivity index (χ3n) is 4.29. The largest absolute Gasteiger partial charge is 0.376 e. The minimum absolute atomic E-state index is 0.0118. The maximum atomic E-state index is 5.96. The average Bonchev–Trinajstić information content (AvgIpc) is 2.87. The van der Waals surface area contributed by atoms with Crippen LogP contribution in [0.15, 0.2) is 24.3 Å². The van der Waals surface area contributed by atoms with E-state index in [1.807, 2.05) is 7.11 Å². The van der Waals surface area contributed by atoms with Crippen LogP contribution in [0.2, 0.25) is 0 Å². The van der Waals surface area contributed by atoms with Crippen molar-refractivity contribution in [3.63, 3.8) is 0 Å². The lowest BCUT2D eigenvalue weighted by molar-refractivity contribution is -0.0365. The van der Waals surface area contributed by atoms with Crippen molar-refractivity contribution in [2.45, 2.75) is 51.2 Å². The minimum Gasteiger partial charge on any atom is -0.376 e. The average molecular weight is 247 g/mol. The van der Waals surface area contributed by atoms with Gasteiger partial charge in [0.25, 0.3) is 0 Å². The summed E-state index contributed by atoms with van der Waals surface area (Å²) in [5.41, 5.74) is 2.73. The first-order valence-electron chi connectivity index (χ1n) is 7.07. The van der Waals surface area contributed by atoms with Crippen molar-refractivity contribution in [2.75, 3.05) is 13.7 Å². The van der Waals surface area contributed by atoms with E-state index in [4.69, 9.17) is 4.74 Å². The molecule has 18 heavy (non-hydrogen) atoms. The second kappa shape index (κ2) is 5.85. The Kier molecular flexibility index (Phi) is 4.41. The van der Waals surface area contributed by atoms with E-state index in [9.17, 15) is 0 Å². The fraction of sp³-hybridized carbons (Fsp3) is 0.625. The molecule has 0 amide bonds. The molecular formula is C16H25NO. The third kappa shape index (κ3) is 2.45. The molecule has 1 saturated carbocycles. The van der Waals surface area contributed by atoms with Gasteiger partial charge in [-0.05, 0) is 37.4 Å². The van der Waals surface area contributed by atoms with Crippen molar-refractivity contribution in [3.05, 3.63) is 35.4 Å². The van der Waals surface area contributed by atoms with E-state index < -0.39 is 0 Å². The van der Waals surface area contributed by atoms with Gasteiger partial charge in [0, 0.05) is 7.11 Å². The first-order valence-corrected chi connectivity index (χ1v) is 7.07. The van der Waals surface area contributed by atoms with Crippen LogP contribution in [-0.4, -0.2) is 19.3 Å². The van der Waals surface area contributed by atoms with Crippen molar-refractivity contribution in [2.24, 2.45) is 0 Å². The van der Waals surface area contributed by atoms with Crippen LogP contribution in [0, 0.1) is 6.92 Å². The van der Waals surface area contributed by atoms with E-state index in [0.717, 1.165) is 19.4 Å². The summed E-state index contributed by atoms with van der Waals surface area (Å²) in [5, 5.41) is 3.65. The molecule has 2 rings (SSSR count). The van der Waals surface area contributed by atoms with E-state index in [2.05, 4.69) is 43.4 Å². The highest BCUT2D eigenvalue weighted by Crippen LogP contribution is 2.43.